The quantitative estimate of drug-likeness (QED) is 0.339. The van der Waals surface area contributed by atoms with Crippen molar-refractivity contribution >= 4 is 40.8 Å². The molecule has 7 heteroatoms. The highest BCUT2D eigenvalue weighted by Crippen LogP contribution is 2.19. The Kier molecular flexibility index (Phi) is 6.44. The minimum absolute atomic E-state index is 0.350. The number of nitrogens with one attached hydrogen (secondary N) is 2. The number of benzene rings is 2. The first-order valence-corrected chi connectivity index (χ1v) is 9.47. The first-order valence-electron chi connectivity index (χ1n) is 8.69. The van der Waals surface area contributed by atoms with Gasteiger partial charge in [0.05, 0.1) is 11.9 Å². The summed E-state index contributed by atoms with van der Waals surface area (Å²) in [5.74, 6) is -0.350. The molecule has 0 bridgehead atoms. The van der Waals surface area contributed by atoms with E-state index in [-0.39, 0.29) is 5.82 Å². The summed E-state index contributed by atoms with van der Waals surface area (Å²) in [6.45, 7) is 4.58. The van der Waals surface area contributed by atoms with Gasteiger partial charge in [-0.05, 0) is 67.5 Å². The van der Waals surface area contributed by atoms with E-state index >= 15 is 0 Å². The van der Waals surface area contributed by atoms with Gasteiger partial charge in [0.2, 0.25) is 0 Å². The lowest BCUT2D eigenvalue weighted by Gasteiger charge is -2.11. The van der Waals surface area contributed by atoms with E-state index in [4.69, 9.17) is 23.8 Å². The number of aromatic nitrogens is 1. The van der Waals surface area contributed by atoms with Gasteiger partial charge in [0, 0.05) is 23.5 Å². The van der Waals surface area contributed by atoms with Crippen molar-refractivity contribution in [3.8, 4) is 0 Å². The summed E-state index contributed by atoms with van der Waals surface area (Å²) in [4.78, 5) is 0. The van der Waals surface area contributed by atoms with Gasteiger partial charge in [-0.2, -0.15) is 5.10 Å². The van der Waals surface area contributed by atoms with Crippen LogP contribution in [0.4, 0.5) is 10.1 Å². The Bertz CT molecular complexity index is 1030. The number of rotatable bonds is 5. The van der Waals surface area contributed by atoms with Gasteiger partial charge in [-0.3, -0.25) is 5.43 Å². The van der Waals surface area contributed by atoms with Crippen LogP contribution in [-0.4, -0.2) is 15.9 Å². The third-order valence-corrected chi connectivity index (χ3v) is 4.76. The number of anilines is 1. The van der Waals surface area contributed by atoms with Crippen molar-refractivity contribution in [1.29, 1.82) is 0 Å². The van der Waals surface area contributed by atoms with E-state index in [0.717, 1.165) is 22.5 Å². The zero-order valence-corrected chi connectivity index (χ0v) is 17.1. The average molecular weight is 415 g/mol. The van der Waals surface area contributed by atoms with E-state index in [9.17, 15) is 4.39 Å². The molecule has 3 rings (SSSR count). The first kappa shape index (κ1) is 20.0. The molecule has 1 heterocycles. The largest absolute Gasteiger partial charge is 0.342 e. The highest BCUT2D eigenvalue weighted by molar-refractivity contribution is 7.80. The van der Waals surface area contributed by atoms with E-state index in [1.165, 1.54) is 17.7 Å². The van der Waals surface area contributed by atoms with Crippen molar-refractivity contribution in [3.05, 3.63) is 88.0 Å². The molecule has 0 aliphatic carbocycles. The van der Waals surface area contributed by atoms with E-state index in [2.05, 4.69) is 21.9 Å². The lowest BCUT2D eigenvalue weighted by atomic mass is 10.1. The number of nitrogens with zero attached hydrogens (tertiary/aromatic N) is 2. The highest BCUT2D eigenvalue weighted by atomic mass is 35.5. The minimum Gasteiger partial charge on any atom is -0.342 e. The molecule has 0 fully saturated rings. The van der Waals surface area contributed by atoms with Crippen LogP contribution < -0.4 is 10.7 Å². The van der Waals surface area contributed by atoms with Crippen molar-refractivity contribution in [1.82, 2.24) is 9.99 Å². The second-order valence-electron chi connectivity index (χ2n) is 6.44. The summed E-state index contributed by atoms with van der Waals surface area (Å²) in [6, 6.07) is 14.3. The monoisotopic (exact) mass is 414 g/mol. The van der Waals surface area contributed by atoms with Crippen LogP contribution in [0.2, 0.25) is 5.02 Å². The highest BCUT2D eigenvalue weighted by Gasteiger charge is 2.05. The molecule has 3 aromatic rings. The molecule has 0 spiro atoms. The van der Waals surface area contributed by atoms with Gasteiger partial charge < -0.3 is 9.88 Å². The number of halogens is 2. The van der Waals surface area contributed by atoms with Crippen molar-refractivity contribution < 1.29 is 4.39 Å². The number of hydrazone groups is 1. The van der Waals surface area contributed by atoms with Crippen LogP contribution in [0, 0.1) is 19.7 Å². The maximum Gasteiger partial charge on any atom is 0.191 e. The van der Waals surface area contributed by atoms with Gasteiger partial charge in [0.25, 0.3) is 0 Å². The molecule has 0 radical (unpaired) electrons. The summed E-state index contributed by atoms with van der Waals surface area (Å²) >= 11 is 11.4. The Hall–Kier alpha value is -2.70. The van der Waals surface area contributed by atoms with Gasteiger partial charge in [-0.15, -0.1) is 0 Å². The fraction of sp³-hybridized carbons (Fsp3) is 0.143. The van der Waals surface area contributed by atoms with Crippen LogP contribution in [-0.2, 0) is 6.54 Å². The second kappa shape index (κ2) is 8.99. The Labute approximate surface area is 174 Å². The first-order chi connectivity index (χ1) is 13.4. The van der Waals surface area contributed by atoms with E-state index in [1.807, 2.05) is 48.9 Å². The lowest BCUT2D eigenvalue weighted by molar-refractivity contribution is 0.626. The summed E-state index contributed by atoms with van der Waals surface area (Å²) < 4.78 is 15.2. The summed E-state index contributed by atoms with van der Waals surface area (Å²) in [5, 5.41) is 8.14. The molecular formula is C21H20ClFN4S. The summed E-state index contributed by atoms with van der Waals surface area (Å²) in [6.07, 6.45) is 3.58. The zero-order valence-electron chi connectivity index (χ0n) is 15.5. The second-order valence-corrected chi connectivity index (χ2v) is 7.25. The standard InChI is InChI=1S/C21H20ClFN4S/c1-14-5-8-20(15(2)10-14)25-21(28)26-24-12-18-4-3-9-27(18)13-16-6-7-17(23)11-19(16)22/h3-12H,13H2,1-2H3,(H2,25,26,28)/b24-12+. The molecule has 0 atom stereocenters. The lowest BCUT2D eigenvalue weighted by Crippen LogP contribution is -2.24. The molecule has 0 saturated heterocycles. The molecule has 2 aromatic carbocycles. The summed E-state index contributed by atoms with van der Waals surface area (Å²) in [7, 11) is 0. The van der Waals surface area contributed by atoms with Gasteiger partial charge in [0.15, 0.2) is 5.11 Å². The fourth-order valence-corrected chi connectivity index (χ4v) is 3.17. The van der Waals surface area contributed by atoms with Gasteiger partial charge in [0.1, 0.15) is 5.82 Å². The predicted molar refractivity (Wildman–Crippen MR) is 118 cm³/mol. The van der Waals surface area contributed by atoms with Gasteiger partial charge >= 0.3 is 0 Å². The molecule has 0 saturated carbocycles. The van der Waals surface area contributed by atoms with Crippen LogP contribution in [0.1, 0.15) is 22.4 Å². The molecule has 0 unspecified atom stereocenters. The molecule has 1 aromatic heterocycles. The Morgan fingerprint density at radius 3 is 2.79 bits per heavy atom. The van der Waals surface area contributed by atoms with E-state index in [1.54, 1.807) is 12.3 Å². The Morgan fingerprint density at radius 2 is 2.04 bits per heavy atom. The van der Waals surface area contributed by atoms with Crippen LogP contribution in [0.3, 0.4) is 0 Å². The molecule has 0 amide bonds. The molecular weight excluding hydrogens is 395 g/mol. The average Bonchev–Trinajstić information content (AvgIpc) is 3.07. The third kappa shape index (κ3) is 5.18. The maximum absolute atomic E-state index is 13.2. The number of hydrogen-bond donors (Lipinski definition) is 2. The molecule has 144 valence electrons. The molecule has 0 aliphatic heterocycles. The predicted octanol–water partition coefficient (Wildman–Crippen LogP) is 5.27. The number of hydrogen-bond acceptors (Lipinski definition) is 2. The van der Waals surface area contributed by atoms with E-state index in [0.29, 0.717) is 16.7 Å². The van der Waals surface area contributed by atoms with Gasteiger partial charge in [-0.25, -0.2) is 4.39 Å². The van der Waals surface area contributed by atoms with Crippen LogP contribution in [0.25, 0.3) is 0 Å². The van der Waals surface area contributed by atoms with Crippen molar-refractivity contribution in [2.45, 2.75) is 20.4 Å². The van der Waals surface area contributed by atoms with Crippen molar-refractivity contribution in [3.63, 3.8) is 0 Å². The number of aryl methyl sites for hydroxylation is 2. The molecule has 0 aliphatic rings. The SMILES string of the molecule is Cc1ccc(NC(=S)N/N=C/c2cccn2Cc2ccc(F)cc2Cl)c(C)c1. The van der Waals surface area contributed by atoms with Crippen molar-refractivity contribution in [2.24, 2.45) is 5.10 Å². The molecule has 4 nitrogen and oxygen atoms in total. The van der Waals surface area contributed by atoms with Crippen LogP contribution in [0.5, 0.6) is 0 Å². The van der Waals surface area contributed by atoms with Gasteiger partial charge in [-0.1, -0.05) is 35.4 Å². The van der Waals surface area contributed by atoms with Crippen LogP contribution >= 0.6 is 23.8 Å². The Morgan fingerprint density at radius 1 is 1.21 bits per heavy atom. The fourth-order valence-electron chi connectivity index (χ4n) is 2.78. The molecule has 2 N–H and O–H groups in total. The topological polar surface area (TPSA) is 41.4 Å². The van der Waals surface area contributed by atoms with Crippen molar-refractivity contribution in [2.75, 3.05) is 5.32 Å². The summed E-state index contributed by atoms with van der Waals surface area (Å²) in [5.41, 5.74) is 7.76. The van der Waals surface area contributed by atoms with Crippen LogP contribution in [0.15, 0.2) is 59.8 Å². The smallest absolute Gasteiger partial charge is 0.191 e. The normalized spacial score (nSPS) is 11.0. The number of thiocarbonyl (C=S) groups is 1. The third-order valence-electron chi connectivity index (χ3n) is 4.21. The molecule has 28 heavy (non-hydrogen) atoms. The minimum atomic E-state index is -0.350. The Balaban J connectivity index is 1.62. The zero-order chi connectivity index (χ0) is 20.1. The maximum atomic E-state index is 13.2. The van der Waals surface area contributed by atoms with E-state index < -0.39 is 0 Å².